The molecule has 0 radical (unpaired) electrons. The first-order valence-electron chi connectivity index (χ1n) is 6.88. The van der Waals surface area contributed by atoms with E-state index in [1.165, 1.54) is 24.5 Å². The van der Waals surface area contributed by atoms with E-state index in [1.807, 2.05) is 6.92 Å². The maximum Gasteiger partial charge on any atom is 0.340 e. The van der Waals surface area contributed by atoms with E-state index in [2.05, 4.69) is 9.71 Å². The highest BCUT2D eigenvalue weighted by Gasteiger charge is 2.29. The molecule has 1 aliphatic heterocycles. The molecule has 0 fully saturated rings. The van der Waals surface area contributed by atoms with Crippen LogP contribution >= 0.6 is 11.3 Å². The average molecular weight is 350 g/mol. The molecule has 1 aliphatic rings. The first-order chi connectivity index (χ1) is 11.0. The molecule has 0 spiro atoms. The summed E-state index contributed by atoms with van der Waals surface area (Å²) < 4.78 is 32.7. The third kappa shape index (κ3) is 2.75. The molecule has 0 atom stereocenters. The van der Waals surface area contributed by atoms with Gasteiger partial charge in [0.1, 0.15) is 9.90 Å². The molecule has 1 N–H and O–H groups in total. The van der Waals surface area contributed by atoms with E-state index >= 15 is 0 Å². The normalized spacial score (nSPS) is 15.0. The Morgan fingerprint density at radius 3 is 2.78 bits per heavy atom. The third-order valence-electron chi connectivity index (χ3n) is 3.40. The summed E-state index contributed by atoms with van der Waals surface area (Å²) in [5, 5.41) is 3.51. The predicted molar refractivity (Wildman–Crippen MR) is 88.8 cm³/mol. The minimum atomic E-state index is -3.70. The van der Waals surface area contributed by atoms with Crippen LogP contribution in [0.3, 0.4) is 0 Å². The maximum absolute atomic E-state index is 12.1. The van der Waals surface area contributed by atoms with Crippen LogP contribution in [-0.2, 0) is 21.2 Å². The summed E-state index contributed by atoms with van der Waals surface area (Å²) in [7, 11) is -2.39. The Kier molecular flexibility index (Phi) is 3.95. The Morgan fingerprint density at radius 1 is 1.35 bits per heavy atom. The van der Waals surface area contributed by atoms with Crippen LogP contribution < -0.4 is 5.32 Å². The second kappa shape index (κ2) is 5.78. The van der Waals surface area contributed by atoms with Gasteiger partial charge < -0.3 is 10.1 Å². The fraction of sp³-hybridized carbons (Fsp3) is 0.200. The van der Waals surface area contributed by atoms with E-state index in [1.54, 1.807) is 24.3 Å². The number of anilines is 1. The standard InChI is InChI=1S/C15H14N2O4S2/c1-3-9-8-11(15(18)21-2)14(22-9)16-13-10-6-4-5-7-12(10)23(19,20)17-13/h4-8H,3H2,1-2H3,(H,16,17). The second-order valence-electron chi connectivity index (χ2n) is 4.84. The fourth-order valence-corrected chi connectivity index (χ4v) is 4.43. The molecule has 8 heteroatoms. The van der Waals surface area contributed by atoms with Crippen molar-refractivity contribution in [2.24, 2.45) is 4.40 Å². The Balaban J connectivity index is 2.04. The lowest BCUT2D eigenvalue weighted by molar-refractivity contribution is 0.0602. The van der Waals surface area contributed by atoms with Crippen molar-refractivity contribution in [2.75, 3.05) is 12.4 Å². The van der Waals surface area contributed by atoms with Gasteiger partial charge in [-0.1, -0.05) is 19.1 Å². The largest absolute Gasteiger partial charge is 0.465 e. The Hall–Kier alpha value is -2.19. The van der Waals surface area contributed by atoms with Gasteiger partial charge in [0.25, 0.3) is 10.0 Å². The Bertz CT molecular complexity index is 913. The van der Waals surface area contributed by atoms with Crippen molar-refractivity contribution in [2.45, 2.75) is 18.2 Å². The van der Waals surface area contributed by atoms with Crippen molar-refractivity contribution in [1.82, 2.24) is 0 Å². The van der Waals surface area contributed by atoms with E-state index < -0.39 is 16.0 Å². The number of hydrogen-bond acceptors (Lipinski definition) is 6. The van der Waals surface area contributed by atoms with Gasteiger partial charge in [0.05, 0.1) is 12.7 Å². The van der Waals surface area contributed by atoms with E-state index in [0.717, 1.165) is 11.3 Å². The number of thiophene rings is 1. The van der Waals surface area contributed by atoms with Gasteiger partial charge in [0.15, 0.2) is 5.84 Å². The molecule has 0 saturated carbocycles. The summed E-state index contributed by atoms with van der Waals surface area (Å²) in [4.78, 5) is 13.0. The van der Waals surface area contributed by atoms with Gasteiger partial charge >= 0.3 is 5.97 Å². The lowest BCUT2D eigenvalue weighted by atomic mass is 10.2. The van der Waals surface area contributed by atoms with Crippen LogP contribution in [0.15, 0.2) is 39.6 Å². The molecule has 1 aromatic carbocycles. The zero-order chi connectivity index (χ0) is 16.6. The molecule has 6 nitrogen and oxygen atoms in total. The van der Waals surface area contributed by atoms with Crippen molar-refractivity contribution in [1.29, 1.82) is 0 Å². The van der Waals surface area contributed by atoms with E-state index in [-0.39, 0.29) is 10.7 Å². The summed E-state index contributed by atoms with van der Waals surface area (Å²) in [6.45, 7) is 1.98. The smallest absolute Gasteiger partial charge is 0.340 e. The number of amidine groups is 1. The molecule has 3 rings (SSSR count). The SMILES string of the molecule is CCc1cc(C(=O)OC)c(NC2=NS(=O)(=O)c3ccccc32)s1. The molecular weight excluding hydrogens is 336 g/mol. The number of carbonyl (C=O) groups excluding carboxylic acids is 1. The van der Waals surface area contributed by atoms with E-state index in [4.69, 9.17) is 4.74 Å². The van der Waals surface area contributed by atoms with Crippen LogP contribution in [0.1, 0.15) is 27.7 Å². The topological polar surface area (TPSA) is 84.8 Å². The number of nitrogens with zero attached hydrogens (tertiary/aromatic N) is 1. The number of aryl methyl sites for hydroxylation is 1. The summed E-state index contributed by atoms with van der Waals surface area (Å²) in [6.07, 6.45) is 0.762. The van der Waals surface area contributed by atoms with E-state index in [0.29, 0.717) is 16.1 Å². The molecular formula is C15H14N2O4S2. The number of methoxy groups -OCH3 is 1. The summed E-state index contributed by atoms with van der Waals surface area (Å²) >= 11 is 1.38. The van der Waals surface area contributed by atoms with Crippen LogP contribution in [0, 0.1) is 0 Å². The quantitative estimate of drug-likeness (QED) is 0.860. The number of benzene rings is 1. The second-order valence-corrected chi connectivity index (χ2v) is 7.55. The molecule has 23 heavy (non-hydrogen) atoms. The van der Waals surface area contributed by atoms with Crippen LogP contribution in [0.5, 0.6) is 0 Å². The number of ether oxygens (including phenoxy) is 1. The predicted octanol–water partition coefficient (Wildman–Crippen LogP) is 2.66. The van der Waals surface area contributed by atoms with Gasteiger partial charge in [-0.15, -0.1) is 15.7 Å². The molecule has 1 aromatic heterocycles. The zero-order valence-corrected chi connectivity index (χ0v) is 14.1. The number of hydrogen-bond donors (Lipinski definition) is 1. The highest BCUT2D eigenvalue weighted by atomic mass is 32.2. The molecule has 0 saturated heterocycles. The minimum absolute atomic E-state index is 0.161. The third-order valence-corrected chi connectivity index (χ3v) is 5.93. The Labute approximate surface area is 137 Å². The van der Waals surface area contributed by atoms with Gasteiger partial charge in [0, 0.05) is 10.4 Å². The molecule has 0 amide bonds. The average Bonchev–Trinajstić information content (AvgIpc) is 3.06. The van der Waals surface area contributed by atoms with Gasteiger partial charge in [-0.05, 0) is 24.6 Å². The summed E-state index contributed by atoms with van der Waals surface area (Å²) in [5.41, 5.74) is 0.869. The monoisotopic (exact) mass is 350 g/mol. The number of sulfonamides is 1. The van der Waals surface area contributed by atoms with Crippen molar-refractivity contribution < 1.29 is 17.9 Å². The molecule has 2 aromatic rings. The highest BCUT2D eigenvalue weighted by molar-refractivity contribution is 7.90. The zero-order valence-electron chi connectivity index (χ0n) is 12.5. The minimum Gasteiger partial charge on any atom is -0.465 e. The summed E-state index contributed by atoms with van der Waals surface area (Å²) in [5.74, 6) is -0.256. The highest BCUT2D eigenvalue weighted by Crippen LogP contribution is 2.32. The molecule has 2 heterocycles. The maximum atomic E-state index is 12.1. The fourth-order valence-electron chi connectivity index (χ4n) is 2.27. The number of esters is 1. The number of nitrogens with one attached hydrogen (secondary N) is 1. The van der Waals surface area contributed by atoms with Crippen molar-refractivity contribution >= 4 is 38.2 Å². The lowest BCUT2D eigenvalue weighted by Gasteiger charge is -2.06. The first kappa shape index (κ1) is 15.7. The molecule has 0 unspecified atom stereocenters. The Morgan fingerprint density at radius 2 is 2.09 bits per heavy atom. The van der Waals surface area contributed by atoms with Crippen molar-refractivity contribution in [3.8, 4) is 0 Å². The molecule has 0 bridgehead atoms. The van der Waals surface area contributed by atoms with E-state index in [9.17, 15) is 13.2 Å². The van der Waals surface area contributed by atoms with Crippen LogP contribution in [-0.4, -0.2) is 27.3 Å². The van der Waals surface area contributed by atoms with Gasteiger partial charge in [0.2, 0.25) is 0 Å². The number of fused-ring (bicyclic) bond motifs is 1. The van der Waals surface area contributed by atoms with Gasteiger partial charge in [-0.3, -0.25) is 0 Å². The number of carbonyl (C=O) groups is 1. The van der Waals surface area contributed by atoms with Crippen molar-refractivity contribution in [3.63, 3.8) is 0 Å². The first-order valence-corrected chi connectivity index (χ1v) is 9.14. The number of rotatable bonds is 3. The van der Waals surface area contributed by atoms with Crippen molar-refractivity contribution in [3.05, 3.63) is 46.3 Å². The van der Waals surface area contributed by atoms with Crippen LogP contribution in [0.4, 0.5) is 5.00 Å². The molecule has 120 valence electrons. The summed E-state index contributed by atoms with van der Waals surface area (Å²) in [6, 6.07) is 8.32. The van der Waals surface area contributed by atoms with Crippen LogP contribution in [0.25, 0.3) is 0 Å². The lowest BCUT2D eigenvalue weighted by Crippen LogP contribution is -2.13. The van der Waals surface area contributed by atoms with Crippen LogP contribution in [0.2, 0.25) is 0 Å². The molecule has 0 aliphatic carbocycles. The van der Waals surface area contributed by atoms with Gasteiger partial charge in [-0.2, -0.15) is 8.42 Å². The van der Waals surface area contributed by atoms with Gasteiger partial charge in [-0.25, -0.2) is 4.79 Å².